The molecule has 140 valence electrons. The van der Waals surface area contributed by atoms with Crippen molar-refractivity contribution < 1.29 is 9.32 Å². The molecular formula is C20H28N4O2. The van der Waals surface area contributed by atoms with E-state index in [4.69, 9.17) is 9.52 Å². The molecule has 0 unspecified atom stereocenters. The summed E-state index contributed by atoms with van der Waals surface area (Å²) in [7, 11) is 0. The Morgan fingerprint density at radius 2 is 2.00 bits per heavy atom. The number of aryl methyl sites for hydroxylation is 2. The van der Waals surface area contributed by atoms with E-state index in [1.54, 1.807) is 0 Å². The Balaban J connectivity index is 1.35. The summed E-state index contributed by atoms with van der Waals surface area (Å²) < 4.78 is 5.32. The lowest BCUT2D eigenvalue weighted by Gasteiger charge is -2.28. The lowest BCUT2D eigenvalue weighted by Crippen LogP contribution is -2.47. The van der Waals surface area contributed by atoms with Crippen molar-refractivity contribution in [2.75, 3.05) is 19.6 Å². The van der Waals surface area contributed by atoms with Gasteiger partial charge in [0.2, 0.25) is 0 Å². The van der Waals surface area contributed by atoms with E-state index in [0.29, 0.717) is 17.8 Å². The molecule has 0 aromatic carbocycles. The topological polar surface area (TPSA) is 61.9 Å². The molecule has 1 aromatic rings. The summed E-state index contributed by atoms with van der Waals surface area (Å²) in [5, 5.41) is 4.08. The Hall–Kier alpha value is -1.69. The predicted molar refractivity (Wildman–Crippen MR) is 97.7 cm³/mol. The molecule has 3 heterocycles. The van der Waals surface area contributed by atoms with Crippen molar-refractivity contribution in [2.24, 2.45) is 22.7 Å². The Labute approximate surface area is 154 Å². The minimum atomic E-state index is -0.475. The third-order valence-corrected chi connectivity index (χ3v) is 7.09. The molecular weight excluding hydrogens is 328 g/mol. The van der Waals surface area contributed by atoms with E-state index < -0.39 is 5.54 Å². The second-order valence-electron chi connectivity index (χ2n) is 8.84. The van der Waals surface area contributed by atoms with Gasteiger partial charge in [-0.1, -0.05) is 5.16 Å². The minimum absolute atomic E-state index is 0.286. The molecule has 3 atom stereocenters. The highest BCUT2D eigenvalue weighted by atomic mass is 16.5. The Kier molecular flexibility index (Phi) is 3.58. The lowest BCUT2D eigenvalue weighted by molar-refractivity contribution is -0.132. The Bertz CT molecular complexity index is 761. The summed E-state index contributed by atoms with van der Waals surface area (Å²) in [5.41, 5.74) is 1.71. The van der Waals surface area contributed by atoms with E-state index >= 15 is 0 Å². The lowest BCUT2D eigenvalue weighted by atomic mass is 9.85. The van der Waals surface area contributed by atoms with Crippen LogP contribution in [0.2, 0.25) is 0 Å². The van der Waals surface area contributed by atoms with Gasteiger partial charge < -0.3 is 4.52 Å². The van der Waals surface area contributed by atoms with Crippen LogP contribution < -0.4 is 0 Å². The SMILES string of the molecule is CC1=N[C@@]2(CC[C@@H]3CN(Cc4c(C)noc4C)C[C@@H]32)C(=O)N1CC1CC1. The van der Waals surface area contributed by atoms with Gasteiger partial charge in [-0.05, 0) is 58.3 Å². The molecule has 0 bridgehead atoms. The molecule has 2 aliphatic carbocycles. The Morgan fingerprint density at radius 1 is 1.19 bits per heavy atom. The molecule has 1 amide bonds. The molecule has 1 aromatic heterocycles. The molecule has 0 N–H and O–H groups in total. The predicted octanol–water partition coefficient (Wildman–Crippen LogP) is 2.54. The minimum Gasteiger partial charge on any atom is -0.361 e. The van der Waals surface area contributed by atoms with Crippen molar-refractivity contribution >= 4 is 11.7 Å². The average Bonchev–Trinajstić information content (AvgIpc) is 3.03. The van der Waals surface area contributed by atoms with Crippen LogP contribution in [0.15, 0.2) is 9.52 Å². The number of aromatic nitrogens is 1. The van der Waals surface area contributed by atoms with Crippen molar-refractivity contribution in [2.45, 2.75) is 58.5 Å². The van der Waals surface area contributed by atoms with Gasteiger partial charge in [0.15, 0.2) is 0 Å². The van der Waals surface area contributed by atoms with Crippen LogP contribution in [0.5, 0.6) is 0 Å². The van der Waals surface area contributed by atoms with Gasteiger partial charge in [-0.25, -0.2) is 0 Å². The number of hydrogen-bond donors (Lipinski definition) is 0. The highest BCUT2D eigenvalue weighted by molar-refractivity contribution is 6.07. The monoisotopic (exact) mass is 356 g/mol. The van der Waals surface area contributed by atoms with Gasteiger partial charge in [-0.15, -0.1) is 0 Å². The molecule has 1 saturated heterocycles. The first kappa shape index (κ1) is 16.5. The number of rotatable bonds is 4. The number of amidine groups is 1. The van der Waals surface area contributed by atoms with Gasteiger partial charge in [-0.2, -0.15) is 0 Å². The fourth-order valence-corrected chi connectivity index (χ4v) is 5.42. The number of amides is 1. The van der Waals surface area contributed by atoms with Crippen LogP contribution in [-0.2, 0) is 11.3 Å². The van der Waals surface area contributed by atoms with Crippen LogP contribution in [0.1, 0.15) is 49.6 Å². The first-order valence-corrected chi connectivity index (χ1v) is 10.0. The number of fused-ring (bicyclic) bond motifs is 2. The smallest absolute Gasteiger partial charge is 0.256 e. The molecule has 6 nitrogen and oxygen atoms in total. The number of nitrogens with zero attached hydrogens (tertiary/aromatic N) is 4. The molecule has 2 saturated carbocycles. The Morgan fingerprint density at radius 3 is 2.69 bits per heavy atom. The second kappa shape index (κ2) is 5.65. The zero-order chi connectivity index (χ0) is 18.1. The second-order valence-corrected chi connectivity index (χ2v) is 8.84. The van der Waals surface area contributed by atoms with Gasteiger partial charge >= 0.3 is 0 Å². The summed E-state index contributed by atoms with van der Waals surface area (Å²) in [5.74, 6) is 3.79. The van der Waals surface area contributed by atoms with Crippen LogP contribution in [0.4, 0.5) is 0 Å². The van der Waals surface area contributed by atoms with Crippen molar-refractivity contribution in [3.8, 4) is 0 Å². The van der Waals surface area contributed by atoms with Crippen LogP contribution in [0, 0.1) is 31.6 Å². The third-order valence-electron chi connectivity index (χ3n) is 7.09. The molecule has 2 aliphatic heterocycles. The normalized spacial score (nSPS) is 34.2. The summed E-state index contributed by atoms with van der Waals surface area (Å²) >= 11 is 0. The van der Waals surface area contributed by atoms with Crippen molar-refractivity contribution in [1.29, 1.82) is 0 Å². The van der Waals surface area contributed by atoms with E-state index in [9.17, 15) is 4.79 Å². The molecule has 5 rings (SSSR count). The maximum absolute atomic E-state index is 13.3. The van der Waals surface area contributed by atoms with Gasteiger partial charge in [-0.3, -0.25) is 19.6 Å². The maximum Gasteiger partial charge on any atom is 0.256 e. The molecule has 4 aliphatic rings. The molecule has 0 radical (unpaired) electrons. The van der Waals surface area contributed by atoms with E-state index in [2.05, 4.69) is 10.1 Å². The summed E-state index contributed by atoms with van der Waals surface area (Å²) in [6, 6.07) is 0. The fraction of sp³-hybridized carbons (Fsp3) is 0.750. The number of carbonyl (C=O) groups excluding carboxylic acids is 1. The zero-order valence-electron chi connectivity index (χ0n) is 16.0. The van der Waals surface area contributed by atoms with E-state index in [1.807, 2.05) is 25.7 Å². The quantitative estimate of drug-likeness (QED) is 0.832. The van der Waals surface area contributed by atoms with Gasteiger partial charge in [0.05, 0.1) is 5.69 Å². The number of likely N-dealkylation sites (tertiary alicyclic amines) is 1. The van der Waals surface area contributed by atoms with Crippen LogP contribution in [0.3, 0.4) is 0 Å². The van der Waals surface area contributed by atoms with Crippen molar-refractivity contribution in [1.82, 2.24) is 15.0 Å². The number of aliphatic imine (C=N–C) groups is 1. The van der Waals surface area contributed by atoms with Crippen LogP contribution >= 0.6 is 0 Å². The first-order valence-electron chi connectivity index (χ1n) is 10.0. The molecule has 6 heteroatoms. The summed E-state index contributed by atoms with van der Waals surface area (Å²) in [4.78, 5) is 22.8. The van der Waals surface area contributed by atoms with Gasteiger partial charge in [0.25, 0.3) is 5.91 Å². The maximum atomic E-state index is 13.3. The van der Waals surface area contributed by atoms with Crippen molar-refractivity contribution in [3.63, 3.8) is 0 Å². The first-order chi connectivity index (χ1) is 12.5. The molecule has 1 spiro atoms. The standard InChI is InChI=1S/C20H28N4O2/c1-12-17(13(2)26-22-12)10-23-9-16-6-7-20(18(16)11-23)19(25)24(14(3)21-20)8-15-4-5-15/h15-16,18H,4-11H2,1-3H3/t16-,18+,20-/m1/s1. The summed E-state index contributed by atoms with van der Waals surface area (Å²) in [6.07, 6.45) is 4.57. The van der Waals surface area contributed by atoms with Crippen LogP contribution in [0.25, 0.3) is 0 Å². The average molecular weight is 356 g/mol. The highest BCUT2D eigenvalue weighted by Crippen LogP contribution is 2.51. The van der Waals surface area contributed by atoms with E-state index in [-0.39, 0.29) is 5.91 Å². The molecule has 3 fully saturated rings. The molecule has 26 heavy (non-hydrogen) atoms. The number of hydrogen-bond acceptors (Lipinski definition) is 5. The van der Waals surface area contributed by atoms with Gasteiger partial charge in [0.1, 0.15) is 17.1 Å². The fourth-order valence-electron chi connectivity index (χ4n) is 5.42. The van der Waals surface area contributed by atoms with Gasteiger partial charge in [0, 0.05) is 37.7 Å². The van der Waals surface area contributed by atoms with E-state index in [1.165, 1.54) is 18.4 Å². The van der Waals surface area contributed by atoms with Crippen LogP contribution in [-0.4, -0.2) is 51.9 Å². The highest BCUT2D eigenvalue weighted by Gasteiger charge is 2.60. The zero-order valence-corrected chi connectivity index (χ0v) is 16.0. The largest absolute Gasteiger partial charge is 0.361 e. The van der Waals surface area contributed by atoms with Crippen molar-refractivity contribution in [3.05, 3.63) is 17.0 Å². The van der Waals surface area contributed by atoms with E-state index in [0.717, 1.165) is 56.3 Å². The number of carbonyl (C=O) groups is 1. The third kappa shape index (κ3) is 2.38. The summed E-state index contributed by atoms with van der Waals surface area (Å²) in [6.45, 7) is 9.78.